The van der Waals surface area contributed by atoms with Crippen LogP contribution in [0.25, 0.3) is 6.08 Å². The van der Waals surface area contributed by atoms with E-state index >= 15 is 0 Å². The zero-order chi connectivity index (χ0) is 12.8. The second-order valence-electron chi connectivity index (χ2n) is 4.09. The van der Waals surface area contributed by atoms with Gasteiger partial charge in [0.05, 0.1) is 14.2 Å². The summed E-state index contributed by atoms with van der Waals surface area (Å²) in [6.07, 6.45) is 4.75. The summed E-state index contributed by atoms with van der Waals surface area (Å²) in [4.78, 5) is 0. The highest BCUT2D eigenvalue weighted by atomic mass is 16.5. The molecule has 94 valence electrons. The number of nitrogens with two attached hydrogens (primary N) is 1. The van der Waals surface area contributed by atoms with Crippen molar-refractivity contribution in [3.05, 3.63) is 29.3 Å². The van der Waals surface area contributed by atoms with E-state index in [1.54, 1.807) is 14.2 Å². The molecular formula is C14H21NO2. The van der Waals surface area contributed by atoms with Crippen LogP contribution >= 0.6 is 0 Å². The van der Waals surface area contributed by atoms with Gasteiger partial charge < -0.3 is 15.2 Å². The molecule has 0 aromatic heterocycles. The maximum absolute atomic E-state index is 5.83. The van der Waals surface area contributed by atoms with Gasteiger partial charge in [-0.25, -0.2) is 0 Å². The minimum atomic E-state index is 0.0983. The molecule has 1 rings (SSSR count). The molecule has 2 N–H and O–H groups in total. The van der Waals surface area contributed by atoms with Crippen molar-refractivity contribution in [3.8, 4) is 11.5 Å². The van der Waals surface area contributed by atoms with Crippen molar-refractivity contribution in [2.75, 3.05) is 14.2 Å². The van der Waals surface area contributed by atoms with Crippen LogP contribution in [0.2, 0.25) is 0 Å². The molecule has 0 spiro atoms. The fourth-order valence-electron chi connectivity index (χ4n) is 1.80. The number of rotatable bonds is 5. The molecule has 0 heterocycles. The summed E-state index contributed by atoms with van der Waals surface area (Å²) >= 11 is 0. The third-order valence-electron chi connectivity index (χ3n) is 2.52. The number of hydrogen-bond acceptors (Lipinski definition) is 3. The first-order valence-corrected chi connectivity index (χ1v) is 5.75. The van der Waals surface area contributed by atoms with Gasteiger partial charge >= 0.3 is 0 Å². The van der Waals surface area contributed by atoms with Gasteiger partial charge in [0.25, 0.3) is 0 Å². The van der Waals surface area contributed by atoms with Gasteiger partial charge in [-0.15, -0.1) is 0 Å². The average molecular weight is 235 g/mol. The first kappa shape index (κ1) is 13.6. The fourth-order valence-corrected chi connectivity index (χ4v) is 1.80. The predicted molar refractivity (Wildman–Crippen MR) is 71.6 cm³/mol. The van der Waals surface area contributed by atoms with E-state index in [2.05, 4.69) is 0 Å². The lowest BCUT2D eigenvalue weighted by Crippen LogP contribution is -2.18. The Morgan fingerprint density at radius 2 is 1.88 bits per heavy atom. The van der Waals surface area contributed by atoms with E-state index in [9.17, 15) is 0 Å². The minimum absolute atomic E-state index is 0.0983. The number of benzene rings is 1. The van der Waals surface area contributed by atoms with Crippen LogP contribution in [-0.2, 0) is 6.42 Å². The summed E-state index contributed by atoms with van der Waals surface area (Å²) in [5, 5.41) is 0. The molecule has 0 radical (unpaired) electrons. The second-order valence-corrected chi connectivity index (χ2v) is 4.09. The molecule has 0 fully saturated rings. The topological polar surface area (TPSA) is 44.5 Å². The van der Waals surface area contributed by atoms with Crippen LogP contribution in [0, 0.1) is 0 Å². The molecule has 1 atom stereocenters. The Kier molecular flexibility index (Phi) is 5.04. The summed E-state index contributed by atoms with van der Waals surface area (Å²) < 4.78 is 10.8. The van der Waals surface area contributed by atoms with Crippen LogP contribution in [0.3, 0.4) is 0 Å². The van der Waals surface area contributed by atoms with Crippen LogP contribution < -0.4 is 15.2 Å². The molecule has 3 nitrogen and oxygen atoms in total. The summed E-state index contributed by atoms with van der Waals surface area (Å²) in [6, 6.07) is 4.08. The Hall–Kier alpha value is -1.48. The quantitative estimate of drug-likeness (QED) is 0.853. The largest absolute Gasteiger partial charge is 0.496 e. The van der Waals surface area contributed by atoms with Crippen molar-refractivity contribution in [2.45, 2.75) is 26.3 Å². The van der Waals surface area contributed by atoms with E-state index in [1.165, 1.54) is 0 Å². The van der Waals surface area contributed by atoms with Crippen LogP contribution in [-0.4, -0.2) is 20.3 Å². The maximum Gasteiger partial charge on any atom is 0.126 e. The molecular weight excluding hydrogens is 214 g/mol. The predicted octanol–water partition coefficient (Wildman–Crippen LogP) is 2.63. The second kappa shape index (κ2) is 6.30. The SMILES string of the molecule is CC=Cc1cc(OC)c(CC(C)N)cc1OC. The van der Waals surface area contributed by atoms with Gasteiger partial charge in [0.2, 0.25) is 0 Å². The summed E-state index contributed by atoms with van der Waals surface area (Å²) in [7, 11) is 3.34. The molecule has 0 aliphatic rings. The maximum atomic E-state index is 5.83. The van der Waals surface area contributed by atoms with Crippen LogP contribution in [0.4, 0.5) is 0 Å². The van der Waals surface area contributed by atoms with Gasteiger partial charge in [-0.3, -0.25) is 0 Å². The fraction of sp³-hybridized carbons (Fsp3) is 0.429. The number of ether oxygens (including phenoxy) is 2. The Balaban J connectivity index is 3.22. The standard InChI is InChI=1S/C14H21NO2/c1-5-6-11-8-14(17-4)12(7-10(2)15)9-13(11)16-3/h5-6,8-10H,7,15H2,1-4H3. The molecule has 0 bridgehead atoms. The highest BCUT2D eigenvalue weighted by molar-refractivity contribution is 5.61. The van der Waals surface area contributed by atoms with Crippen LogP contribution in [0.5, 0.6) is 11.5 Å². The number of methoxy groups -OCH3 is 2. The molecule has 0 amide bonds. The molecule has 0 saturated carbocycles. The van der Waals surface area contributed by atoms with E-state index < -0.39 is 0 Å². The molecule has 3 heteroatoms. The van der Waals surface area contributed by atoms with Crippen molar-refractivity contribution in [1.82, 2.24) is 0 Å². The van der Waals surface area contributed by atoms with Gasteiger partial charge in [-0.1, -0.05) is 12.2 Å². The lowest BCUT2D eigenvalue weighted by molar-refractivity contribution is 0.397. The Labute approximate surface area is 103 Å². The smallest absolute Gasteiger partial charge is 0.126 e. The zero-order valence-corrected chi connectivity index (χ0v) is 11.0. The van der Waals surface area contributed by atoms with Crippen molar-refractivity contribution in [3.63, 3.8) is 0 Å². The van der Waals surface area contributed by atoms with Crippen LogP contribution in [0.1, 0.15) is 25.0 Å². The van der Waals surface area contributed by atoms with Gasteiger partial charge in [-0.2, -0.15) is 0 Å². The Bertz CT molecular complexity index is 397. The molecule has 0 aliphatic heterocycles. The Morgan fingerprint density at radius 3 is 2.35 bits per heavy atom. The van der Waals surface area contributed by atoms with Crippen molar-refractivity contribution in [2.24, 2.45) is 5.73 Å². The molecule has 0 aliphatic carbocycles. The van der Waals surface area contributed by atoms with Gasteiger partial charge in [0, 0.05) is 11.6 Å². The third-order valence-corrected chi connectivity index (χ3v) is 2.52. The molecule has 17 heavy (non-hydrogen) atoms. The summed E-state index contributed by atoms with van der Waals surface area (Å²) in [5.74, 6) is 1.70. The van der Waals surface area contributed by atoms with Crippen LogP contribution in [0.15, 0.2) is 18.2 Å². The van der Waals surface area contributed by atoms with Gasteiger partial charge in [0.15, 0.2) is 0 Å². The third kappa shape index (κ3) is 3.49. The lowest BCUT2D eigenvalue weighted by Gasteiger charge is -2.14. The van der Waals surface area contributed by atoms with E-state index in [0.717, 1.165) is 29.0 Å². The van der Waals surface area contributed by atoms with Crippen molar-refractivity contribution >= 4 is 6.08 Å². The molecule has 1 aromatic carbocycles. The van der Waals surface area contributed by atoms with E-state index in [0.29, 0.717) is 0 Å². The molecule has 1 aromatic rings. The van der Waals surface area contributed by atoms with E-state index in [-0.39, 0.29) is 6.04 Å². The summed E-state index contributed by atoms with van der Waals surface area (Å²) in [5.41, 5.74) is 7.92. The highest BCUT2D eigenvalue weighted by Gasteiger charge is 2.10. The number of hydrogen-bond donors (Lipinski definition) is 1. The highest BCUT2D eigenvalue weighted by Crippen LogP contribution is 2.30. The lowest BCUT2D eigenvalue weighted by atomic mass is 10.0. The van der Waals surface area contributed by atoms with Gasteiger partial charge in [-0.05, 0) is 38.0 Å². The average Bonchev–Trinajstić information content (AvgIpc) is 2.30. The normalized spacial score (nSPS) is 12.8. The Morgan fingerprint density at radius 1 is 1.24 bits per heavy atom. The van der Waals surface area contributed by atoms with E-state index in [4.69, 9.17) is 15.2 Å². The van der Waals surface area contributed by atoms with Crippen molar-refractivity contribution < 1.29 is 9.47 Å². The monoisotopic (exact) mass is 235 g/mol. The molecule has 0 saturated heterocycles. The first-order valence-electron chi connectivity index (χ1n) is 5.75. The van der Waals surface area contributed by atoms with E-state index in [1.807, 2.05) is 38.1 Å². The number of allylic oxidation sites excluding steroid dienone is 1. The minimum Gasteiger partial charge on any atom is -0.496 e. The van der Waals surface area contributed by atoms with Crippen molar-refractivity contribution in [1.29, 1.82) is 0 Å². The van der Waals surface area contributed by atoms with Gasteiger partial charge in [0.1, 0.15) is 11.5 Å². The molecule has 1 unspecified atom stereocenters. The summed E-state index contributed by atoms with van der Waals surface area (Å²) in [6.45, 7) is 3.95. The first-order chi connectivity index (χ1) is 8.12. The zero-order valence-electron chi connectivity index (χ0n) is 11.0.